The average Bonchev–Trinajstić information content (AvgIpc) is 2.65. The predicted molar refractivity (Wildman–Crippen MR) is 55.8 cm³/mol. The average molecular weight is 234 g/mol. The van der Waals surface area contributed by atoms with Crippen LogP contribution in [0.5, 0.6) is 0 Å². The van der Waals surface area contributed by atoms with Crippen LogP contribution in [0.1, 0.15) is 11.7 Å². The molecule has 0 aliphatic carbocycles. The minimum absolute atomic E-state index is 0.553. The number of benzene rings is 1. The van der Waals surface area contributed by atoms with Crippen LogP contribution in [0.4, 0.5) is 0 Å². The summed E-state index contributed by atoms with van der Waals surface area (Å²) >= 11 is 0. The standard InChI is InChI=1S/C12H10O5/c1-16-11(14)8-9(13)10(17-12(8)15)7-5-3-2-4-6-7/h2-6,8,10H,1H3/t8?,10-/m0/s1. The van der Waals surface area contributed by atoms with Crippen LogP contribution in [0.3, 0.4) is 0 Å². The highest BCUT2D eigenvalue weighted by Crippen LogP contribution is 2.30. The molecule has 0 spiro atoms. The van der Waals surface area contributed by atoms with Crippen LogP contribution in [-0.2, 0) is 23.9 Å². The van der Waals surface area contributed by atoms with Gasteiger partial charge in [-0.05, 0) is 0 Å². The van der Waals surface area contributed by atoms with E-state index in [0.717, 1.165) is 7.11 Å². The van der Waals surface area contributed by atoms with Crippen LogP contribution in [0.15, 0.2) is 30.3 Å². The molecule has 2 atom stereocenters. The molecule has 0 N–H and O–H groups in total. The maximum absolute atomic E-state index is 11.9. The van der Waals surface area contributed by atoms with E-state index in [1.165, 1.54) is 0 Å². The van der Waals surface area contributed by atoms with Crippen molar-refractivity contribution < 1.29 is 23.9 Å². The zero-order valence-electron chi connectivity index (χ0n) is 9.08. The van der Waals surface area contributed by atoms with Crippen LogP contribution < -0.4 is 0 Å². The number of cyclic esters (lactones) is 1. The highest BCUT2D eigenvalue weighted by Gasteiger charge is 2.49. The van der Waals surface area contributed by atoms with E-state index < -0.39 is 29.7 Å². The molecule has 1 saturated heterocycles. The fourth-order valence-electron chi connectivity index (χ4n) is 1.70. The number of ether oxygens (including phenoxy) is 2. The Labute approximate surface area is 97.3 Å². The molecule has 5 nitrogen and oxygen atoms in total. The summed E-state index contributed by atoms with van der Waals surface area (Å²) in [5.74, 6) is -3.76. The summed E-state index contributed by atoms with van der Waals surface area (Å²) in [5.41, 5.74) is 0.553. The van der Waals surface area contributed by atoms with E-state index in [4.69, 9.17) is 4.74 Å². The van der Waals surface area contributed by atoms with Gasteiger partial charge in [-0.2, -0.15) is 0 Å². The van der Waals surface area contributed by atoms with E-state index >= 15 is 0 Å². The lowest BCUT2D eigenvalue weighted by atomic mass is 9.99. The number of Topliss-reactive ketones (excluding diaryl/α,β-unsaturated/α-hetero) is 1. The third-order valence-corrected chi connectivity index (χ3v) is 2.55. The van der Waals surface area contributed by atoms with Gasteiger partial charge < -0.3 is 9.47 Å². The number of carbonyl (C=O) groups excluding carboxylic acids is 3. The number of carbonyl (C=O) groups is 3. The van der Waals surface area contributed by atoms with Gasteiger partial charge in [-0.3, -0.25) is 14.4 Å². The Bertz CT molecular complexity index is 465. The Morgan fingerprint density at radius 3 is 2.47 bits per heavy atom. The number of hydrogen-bond donors (Lipinski definition) is 0. The summed E-state index contributed by atoms with van der Waals surface area (Å²) in [6.07, 6.45) is -1.01. The molecule has 1 aromatic rings. The van der Waals surface area contributed by atoms with Crippen molar-refractivity contribution in [2.75, 3.05) is 7.11 Å². The maximum Gasteiger partial charge on any atom is 0.329 e. The summed E-state index contributed by atoms with van der Waals surface area (Å²) < 4.78 is 9.30. The number of esters is 2. The highest BCUT2D eigenvalue weighted by atomic mass is 16.6. The minimum Gasteiger partial charge on any atom is -0.468 e. The lowest BCUT2D eigenvalue weighted by Crippen LogP contribution is -2.27. The van der Waals surface area contributed by atoms with Crippen molar-refractivity contribution in [1.82, 2.24) is 0 Å². The molecule has 88 valence electrons. The molecular weight excluding hydrogens is 224 g/mol. The highest BCUT2D eigenvalue weighted by molar-refractivity contribution is 6.19. The lowest BCUT2D eigenvalue weighted by molar-refractivity contribution is -0.155. The Kier molecular flexibility index (Phi) is 2.91. The summed E-state index contributed by atoms with van der Waals surface area (Å²) in [6, 6.07) is 8.55. The Morgan fingerprint density at radius 1 is 1.24 bits per heavy atom. The quantitative estimate of drug-likeness (QED) is 0.555. The summed E-state index contributed by atoms with van der Waals surface area (Å²) in [4.78, 5) is 34.6. The summed E-state index contributed by atoms with van der Waals surface area (Å²) in [7, 11) is 1.12. The van der Waals surface area contributed by atoms with Crippen LogP contribution >= 0.6 is 0 Å². The first-order valence-electron chi connectivity index (χ1n) is 5.02. The minimum atomic E-state index is -1.45. The zero-order valence-corrected chi connectivity index (χ0v) is 9.08. The van der Waals surface area contributed by atoms with Crippen molar-refractivity contribution in [3.63, 3.8) is 0 Å². The second-order valence-corrected chi connectivity index (χ2v) is 3.59. The van der Waals surface area contributed by atoms with Crippen LogP contribution in [-0.4, -0.2) is 24.8 Å². The van der Waals surface area contributed by atoms with Gasteiger partial charge in [0.15, 0.2) is 6.10 Å². The molecule has 1 unspecified atom stereocenters. The van der Waals surface area contributed by atoms with Crippen LogP contribution in [0.25, 0.3) is 0 Å². The Morgan fingerprint density at radius 2 is 1.88 bits per heavy atom. The zero-order chi connectivity index (χ0) is 12.4. The van der Waals surface area contributed by atoms with Gasteiger partial charge in [0.1, 0.15) is 0 Å². The lowest BCUT2D eigenvalue weighted by Gasteiger charge is -2.06. The second-order valence-electron chi connectivity index (χ2n) is 3.59. The number of hydrogen-bond acceptors (Lipinski definition) is 5. The molecule has 1 fully saturated rings. The monoisotopic (exact) mass is 234 g/mol. The molecule has 0 aromatic heterocycles. The van der Waals surface area contributed by atoms with Crippen molar-refractivity contribution in [3.05, 3.63) is 35.9 Å². The van der Waals surface area contributed by atoms with Crippen molar-refractivity contribution >= 4 is 17.7 Å². The van der Waals surface area contributed by atoms with Gasteiger partial charge in [0, 0.05) is 5.56 Å². The Balaban J connectivity index is 2.28. The van der Waals surface area contributed by atoms with Gasteiger partial charge >= 0.3 is 11.9 Å². The van der Waals surface area contributed by atoms with Crippen LogP contribution in [0, 0.1) is 5.92 Å². The van der Waals surface area contributed by atoms with Gasteiger partial charge in [-0.15, -0.1) is 0 Å². The molecule has 1 aliphatic heterocycles. The van der Waals surface area contributed by atoms with Crippen molar-refractivity contribution in [2.24, 2.45) is 5.92 Å². The number of methoxy groups -OCH3 is 1. The molecule has 1 heterocycles. The Hall–Kier alpha value is -2.17. The van der Waals surface area contributed by atoms with E-state index in [9.17, 15) is 14.4 Å². The van der Waals surface area contributed by atoms with E-state index in [-0.39, 0.29) is 0 Å². The topological polar surface area (TPSA) is 69.7 Å². The molecule has 17 heavy (non-hydrogen) atoms. The molecule has 1 aliphatic rings. The predicted octanol–water partition coefficient (Wildman–Crippen LogP) is 0.643. The largest absolute Gasteiger partial charge is 0.468 e. The van der Waals surface area contributed by atoms with E-state index in [0.29, 0.717) is 5.56 Å². The smallest absolute Gasteiger partial charge is 0.329 e. The van der Waals surface area contributed by atoms with Gasteiger partial charge in [-0.1, -0.05) is 30.3 Å². The fourth-order valence-corrected chi connectivity index (χ4v) is 1.70. The number of ketones is 1. The summed E-state index contributed by atoms with van der Waals surface area (Å²) in [6.45, 7) is 0. The molecule has 0 amide bonds. The first-order chi connectivity index (χ1) is 8.15. The molecule has 0 bridgehead atoms. The van der Waals surface area contributed by atoms with E-state index in [2.05, 4.69) is 4.74 Å². The normalized spacial score (nSPS) is 23.4. The molecule has 2 rings (SSSR count). The van der Waals surface area contributed by atoms with Gasteiger partial charge in [0.25, 0.3) is 0 Å². The van der Waals surface area contributed by atoms with E-state index in [1.807, 2.05) is 0 Å². The van der Waals surface area contributed by atoms with E-state index in [1.54, 1.807) is 30.3 Å². The third-order valence-electron chi connectivity index (χ3n) is 2.55. The van der Waals surface area contributed by atoms with Gasteiger partial charge in [0.05, 0.1) is 7.11 Å². The third kappa shape index (κ3) is 1.91. The van der Waals surface area contributed by atoms with Gasteiger partial charge in [0.2, 0.25) is 11.7 Å². The van der Waals surface area contributed by atoms with Crippen molar-refractivity contribution in [2.45, 2.75) is 6.10 Å². The van der Waals surface area contributed by atoms with Crippen LogP contribution in [0.2, 0.25) is 0 Å². The first-order valence-corrected chi connectivity index (χ1v) is 5.02. The molecule has 0 saturated carbocycles. The van der Waals surface area contributed by atoms with Crippen molar-refractivity contribution in [3.8, 4) is 0 Å². The molecule has 1 aromatic carbocycles. The van der Waals surface area contributed by atoms with Crippen molar-refractivity contribution in [1.29, 1.82) is 0 Å². The molecular formula is C12H10O5. The SMILES string of the molecule is COC(=O)C1C(=O)O[C@@H](c2ccccc2)C1=O. The summed E-state index contributed by atoms with van der Waals surface area (Å²) in [5, 5.41) is 0. The number of rotatable bonds is 2. The molecule has 0 radical (unpaired) electrons. The first kappa shape index (κ1) is 11.3. The second kappa shape index (κ2) is 4.37. The van der Waals surface area contributed by atoms with Gasteiger partial charge in [-0.25, -0.2) is 0 Å². The maximum atomic E-state index is 11.9. The fraction of sp³-hybridized carbons (Fsp3) is 0.250. The molecule has 5 heteroatoms.